The van der Waals surface area contributed by atoms with Crippen molar-refractivity contribution in [1.82, 2.24) is 0 Å². The molecule has 0 saturated heterocycles. The van der Waals surface area contributed by atoms with Crippen LogP contribution >= 0.6 is 0 Å². The van der Waals surface area contributed by atoms with Crippen LogP contribution in [0.15, 0.2) is 24.3 Å². The van der Waals surface area contributed by atoms with Crippen molar-refractivity contribution in [3.05, 3.63) is 30.3 Å². The first-order valence-electron chi connectivity index (χ1n) is 3.60. The van der Waals surface area contributed by atoms with E-state index in [4.69, 9.17) is 4.74 Å². The third kappa shape index (κ3) is 7.26. The minimum absolute atomic E-state index is 0. The van der Waals surface area contributed by atoms with Gasteiger partial charge < -0.3 is 9.84 Å². The third-order valence-electron chi connectivity index (χ3n) is 1.24. The van der Waals surface area contributed by atoms with Crippen LogP contribution < -0.4 is 47.6 Å². The summed E-state index contributed by atoms with van der Waals surface area (Å²) < 4.78 is 5.22. The summed E-state index contributed by atoms with van der Waals surface area (Å²) in [4.78, 5) is 0. The number of rotatable bonds is 4. The van der Waals surface area contributed by atoms with Crippen molar-refractivity contribution in [1.29, 1.82) is 0 Å². The molecule has 0 atom stereocenters. The van der Waals surface area contributed by atoms with E-state index in [2.05, 4.69) is 6.07 Å². The predicted molar refractivity (Wildman–Crippen MR) is 40.3 cm³/mol. The van der Waals surface area contributed by atoms with Gasteiger partial charge in [-0.15, -0.1) is 18.7 Å². The van der Waals surface area contributed by atoms with Gasteiger partial charge in [-0.05, 0) is 6.42 Å². The van der Waals surface area contributed by atoms with E-state index < -0.39 is 0 Å². The fourth-order valence-electron chi connectivity index (χ4n) is 0.716. The number of hydrogen-bond acceptors (Lipinski definition) is 2. The van der Waals surface area contributed by atoms with Crippen LogP contribution in [0.4, 0.5) is 0 Å². The fraction of sp³-hybridized carbons (Fsp3) is 0.333. The quantitative estimate of drug-likeness (QED) is 0.253. The maximum atomic E-state index is 10.0. The summed E-state index contributed by atoms with van der Waals surface area (Å²) in [7, 11) is 0. The van der Waals surface area contributed by atoms with Gasteiger partial charge in [-0.1, -0.05) is 0 Å². The Bertz CT molecular complexity index is 192. The van der Waals surface area contributed by atoms with Crippen LogP contribution in [0.3, 0.4) is 0 Å². The summed E-state index contributed by atoms with van der Waals surface area (Å²) >= 11 is 0. The van der Waals surface area contributed by atoms with E-state index in [1.807, 2.05) is 12.1 Å². The van der Waals surface area contributed by atoms with Crippen molar-refractivity contribution >= 4 is 0 Å². The Morgan fingerprint density at radius 2 is 2.15 bits per heavy atom. The molecule has 0 fully saturated rings. The molecule has 0 aliphatic heterocycles. The molecular weight excluding hydrogens is 154 g/mol. The molecule has 0 heterocycles. The Kier molecular flexibility index (Phi) is 12.3. The van der Waals surface area contributed by atoms with Gasteiger partial charge in [0.1, 0.15) is 0 Å². The zero-order chi connectivity index (χ0) is 7.94. The van der Waals surface area contributed by atoms with Gasteiger partial charge in [-0.25, -0.2) is 0 Å². The maximum Gasteiger partial charge on any atom is 1.00 e. The Morgan fingerprint density at radius 1 is 1.38 bits per heavy atom. The van der Waals surface area contributed by atoms with Gasteiger partial charge in [0.25, 0.3) is 0 Å². The number of benzene rings is 1. The van der Waals surface area contributed by atoms with Crippen LogP contribution in [-0.4, -0.2) is 13.2 Å². The summed E-state index contributed by atoms with van der Waals surface area (Å²) in [5, 5.41) is 10.0. The molecule has 0 unspecified atom stereocenters. The molecule has 0 aromatic heterocycles. The molecular formula is C9H10Li2O2. The van der Waals surface area contributed by atoms with Crippen molar-refractivity contribution in [2.24, 2.45) is 0 Å². The van der Waals surface area contributed by atoms with Crippen molar-refractivity contribution in [2.75, 3.05) is 13.2 Å². The summed E-state index contributed by atoms with van der Waals surface area (Å²) in [5.74, 6) is 0.779. The van der Waals surface area contributed by atoms with Gasteiger partial charge in [-0.3, -0.25) is 0 Å². The Hall–Kier alpha value is 0.175. The molecule has 0 amide bonds. The molecule has 1 rings (SSSR count). The van der Waals surface area contributed by atoms with Crippen LogP contribution in [0.5, 0.6) is 5.75 Å². The van der Waals surface area contributed by atoms with Gasteiger partial charge in [0.05, 0.1) is 6.61 Å². The van der Waals surface area contributed by atoms with E-state index in [1.54, 1.807) is 12.1 Å². The van der Waals surface area contributed by atoms with E-state index in [0.717, 1.165) is 5.75 Å². The molecule has 13 heavy (non-hydrogen) atoms. The standard InChI is InChI=1S/C9H10O2.2Li/c10-7-4-8-11-9-5-2-1-3-6-9;;/h1-2,5-6H,4,7-8H2;;/q-2;2*+1. The summed E-state index contributed by atoms with van der Waals surface area (Å²) in [5.41, 5.74) is 0. The van der Waals surface area contributed by atoms with E-state index >= 15 is 0 Å². The largest absolute Gasteiger partial charge is 1.00 e. The van der Waals surface area contributed by atoms with Crippen molar-refractivity contribution in [2.45, 2.75) is 6.42 Å². The summed E-state index contributed by atoms with van der Waals surface area (Å²) in [6.45, 7) is 0.428. The Morgan fingerprint density at radius 3 is 2.69 bits per heavy atom. The zero-order valence-corrected chi connectivity index (χ0v) is 8.25. The zero-order valence-electron chi connectivity index (χ0n) is 8.25. The first-order chi connectivity index (χ1) is 5.43. The smallest absolute Gasteiger partial charge is 0.854 e. The second-order valence-electron chi connectivity index (χ2n) is 2.15. The second kappa shape index (κ2) is 10.3. The molecule has 0 spiro atoms. The molecule has 0 saturated carbocycles. The molecule has 0 aliphatic rings. The molecule has 1 aromatic carbocycles. The number of ether oxygens (including phenoxy) is 1. The van der Waals surface area contributed by atoms with E-state index in [1.165, 1.54) is 0 Å². The fourth-order valence-corrected chi connectivity index (χ4v) is 0.716. The minimum atomic E-state index is -0.0729. The number of hydrogen-bond donors (Lipinski definition) is 0. The normalized spacial score (nSPS) is 8.08. The predicted octanol–water partition coefficient (Wildman–Crippen LogP) is -5.38. The van der Waals surface area contributed by atoms with E-state index in [9.17, 15) is 5.11 Å². The monoisotopic (exact) mass is 164 g/mol. The van der Waals surface area contributed by atoms with Gasteiger partial charge in [-0.2, -0.15) is 18.2 Å². The summed E-state index contributed by atoms with van der Waals surface area (Å²) in [6, 6.07) is 10.1. The molecule has 2 nitrogen and oxygen atoms in total. The van der Waals surface area contributed by atoms with Gasteiger partial charge in [0.2, 0.25) is 0 Å². The van der Waals surface area contributed by atoms with Crippen molar-refractivity contribution in [3.63, 3.8) is 0 Å². The van der Waals surface area contributed by atoms with Crippen LogP contribution in [0.1, 0.15) is 6.42 Å². The van der Waals surface area contributed by atoms with Crippen LogP contribution in [0, 0.1) is 6.07 Å². The molecule has 0 bridgehead atoms. The molecule has 1 aromatic rings. The average Bonchev–Trinajstić information content (AvgIpc) is 2.07. The molecule has 0 radical (unpaired) electrons. The molecule has 60 valence electrons. The second-order valence-corrected chi connectivity index (χ2v) is 2.15. The Labute approximate surface area is 103 Å². The van der Waals surface area contributed by atoms with Crippen LogP contribution in [-0.2, 0) is 0 Å². The third-order valence-corrected chi connectivity index (χ3v) is 1.24. The summed E-state index contributed by atoms with van der Waals surface area (Å²) in [6.07, 6.45) is 0.564. The maximum absolute atomic E-state index is 10.0. The minimum Gasteiger partial charge on any atom is -0.854 e. The van der Waals surface area contributed by atoms with Crippen molar-refractivity contribution in [3.8, 4) is 5.75 Å². The van der Waals surface area contributed by atoms with Crippen LogP contribution in [0.25, 0.3) is 0 Å². The van der Waals surface area contributed by atoms with E-state index in [-0.39, 0.29) is 44.3 Å². The van der Waals surface area contributed by atoms with E-state index in [0.29, 0.717) is 13.0 Å². The average molecular weight is 164 g/mol. The molecule has 0 N–H and O–H groups in total. The topological polar surface area (TPSA) is 32.3 Å². The van der Waals surface area contributed by atoms with Gasteiger partial charge >= 0.3 is 37.7 Å². The first-order valence-corrected chi connectivity index (χ1v) is 3.60. The SMILES string of the molecule is [Li+].[Li+].[O-]CCCOc1c[c-]ccc1. The Balaban J connectivity index is 0. The van der Waals surface area contributed by atoms with Gasteiger partial charge in [0.15, 0.2) is 0 Å². The molecule has 4 heteroatoms. The van der Waals surface area contributed by atoms with Gasteiger partial charge in [0, 0.05) is 5.75 Å². The first kappa shape index (κ1) is 15.6. The van der Waals surface area contributed by atoms with Crippen LogP contribution in [0.2, 0.25) is 0 Å². The molecule has 0 aliphatic carbocycles. The van der Waals surface area contributed by atoms with Crippen molar-refractivity contribution < 1.29 is 47.6 Å².